The molecular formula is C18H18BaO8. The first-order chi connectivity index (χ1) is 12.4. The normalized spacial score (nSPS) is 9.04. The van der Waals surface area contributed by atoms with Gasteiger partial charge in [0.2, 0.25) is 0 Å². The number of hydrogen-bond donors (Lipinski definition) is 0. The van der Waals surface area contributed by atoms with Gasteiger partial charge in [0.25, 0.3) is 0 Å². The first-order valence-corrected chi connectivity index (χ1v) is 7.25. The number of ether oxygens (including phenoxy) is 4. The SMILES string of the molecule is COc1cccc(OC)c1C(=O)[O-].COc1cccc(OC)c1C(=O)[O-].[Ba+2]. The van der Waals surface area contributed by atoms with Gasteiger partial charge in [-0.3, -0.25) is 0 Å². The molecule has 0 N–H and O–H groups in total. The predicted octanol–water partition coefficient (Wildman–Crippen LogP) is -0.246. The Labute approximate surface area is 197 Å². The van der Waals surface area contributed by atoms with Gasteiger partial charge >= 0.3 is 48.9 Å². The van der Waals surface area contributed by atoms with Crippen molar-refractivity contribution < 1.29 is 38.7 Å². The monoisotopic (exact) mass is 500 g/mol. The van der Waals surface area contributed by atoms with Gasteiger partial charge < -0.3 is 38.7 Å². The number of carbonyl (C=O) groups is 2. The third-order valence-electron chi connectivity index (χ3n) is 3.26. The Hall–Kier alpha value is -1.85. The van der Waals surface area contributed by atoms with Gasteiger partial charge in [-0.05, 0) is 24.3 Å². The summed E-state index contributed by atoms with van der Waals surface area (Å²) in [5.41, 5.74) is -0.125. The maximum atomic E-state index is 10.7. The van der Waals surface area contributed by atoms with Crippen LogP contribution in [0.4, 0.5) is 0 Å². The molecule has 2 rings (SSSR count). The van der Waals surface area contributed by atoms with E-state index in [0.29, 0.717) is 0 Å². The zero-order valence-corrected chi connectivity index (χ0v) is 19.9. The van der Waals surface area contributed by atoms with Crippen molar-refractivity contribution in [2.24, 2.45) is 0 Å². The van der Waals surface area contributed by atoms with Crippen LogP contribution in [0.3, 0.4) is 0 Å². The molecule has 0 unspecified atom stereocenters. The maximum Gasteiger partial charge on any atom is 2.00 e. The number of aromatic carboxylic acids is 2. The number of benzene rings is 2. The van der Waals surface area contributed by atoms with Crippen LogP contribution in [0.25, 0.3) is 0 Å². The Bertz CT molecular complexity index is 666. The number of hydrogen-bond acceptors (Lipinski definition) is 8. The minimum absolute atomic E-state index is 0. The summed E-state index contributed by atoms with van der Waals surface area (Å²) in [5.74, 6) is -1.68. The zero-order chi connectivity index (χ0) is 19.7. The smallest absolute Gasteiger partial charge is 0.545 e. The van der Waals surface area contributed by atoms with E-state index >= 15 is 0 Å². The Balaban J connectivity index is 0.000000483. The van der Waals surface area contributed by atoms with Crippen molar-refractivity contribution in [1.29, 1.82) is 0 Å². The van der Waals surface area contributed by atoms with Crippen molar-refractivity contribution in [3.8, 4) is 23.0 Å². The molecule has 0 aliphatic heterocycles. The molecule has 0 saturated carbocycles. The van der Waals surface area contributed by atoms with E-state index in [1.165, 1.54) is 52.7 Å². The summed E-state index contributed by atoms with van der Waals surface area (Å²) in [6, 6.07) is 9.43. The number of rotatable bonds is 6. The minimum Gasteiger partial charge on any atom is -0.545 e. The van der Waals surface area contributed by atoms with Crippen LogP contribution < -0.4 is 29.2 Å². The molecule has 0 spiro atoms. The fourth-order valence-corrected chi connectivity index (χ4v) is 2.10. The van der Waals surface area contributed by atoms with Crippen LogP contribution in [0.1, 0.15) is 20.7 Å². The van der Waals surface area contributed by atoms with Crippen molar-refractivity contribution in [2.75, 3.05) is 28.4 Å². The van der Waals surface area contributed by atoms with Crippen LogP contribution in [0.2, 0.25) is 0 Å². The summed E-state index contributed by atoms with van der Waals surface area (Å²) in [6.07, 6.45) is 0. The van der Waals surface area contributed by atoms with E-state index in [0.717, 1.165) is 0 Å². The second kappa shape index (κ2) is 12.5. The van der Waals surface area contributed by atoms with Crippen molar-refractivity contribution in [3.05, 3.63) is 47.5 Å². The van der Waals surface area contributed by atoms with Crippen LogP contribution in [-0.2, 0) is 0 Å². The molecule has 0 aliphatic rings. The molecule has 0 radical (unpaired) electrons. The number of methoxy groups -OCH3 is 4. The quantitative estimate of drug-likeness (QED) is 0.500. The average Bonchev–Trinajstić information content (AvgIpc) is 2.66. The van der Waals surface area contributed by atoms with E-state index in [1.807, 2.05) is 0 Å². The van der Waals surface area contributed by atoms with Crippen LogP contribution in [0, 0.1) is 0 Å². The van der Waals surface area contributed by atoms with Crippen LogP contribution in [-0.4, -0.2) is 89.3 Å². The van der Waals surface area contributed by atoms with Gasteiger partial charge in [-0.2, -0.15) is 0 Å². The molecule has 9 heteroatoms. The first-order valence-electron chi connectivity index (χ1n) is 7.25. The number of carboxylic acids is 2. The third kappa shape index (κ3) is 6.67. The van der Waals surface area contributed by atoms with Crippen molar-refractivity contribution >= 4 is 60.8 Å². The van der Waals surface area contributed by atoms with Gasteiger partial charge in [-0.1, -0.05) is 12.1 Å². The second-order valence-corrected chi connectivity index (χ2v) is 4.65. The molecule has 0 aromatic heterocycles. The van der Waals surface area contributed by atoms with E-state index in [1.54, 1.807) is 12.1 Å². The van der Waals surface area contributed by atoms with Gasteiger partial charge in [-0.15, -0.1) is 0 Å². The predicted molar refractivity (Wildman–Crippen MR) is 93.5 cm³/mol. The Morgan fingerprint density at radius 3 is 1.00 bits per heavy atom. The molecule has 140 valence electrons. The molecule has 0 saturated heterocycles. The van der Waals surface area contributed by atoms with E-state index in [2.05, 4.69) is 0 Å². The fourth-order valence-electron chi connectivity index (χ4n) is 2.10. The molecule has 27 heavy (non-hydrogen) atoms. The van der Waals surface area contributed by atoms with Crippen molar-refractivity contribution in [2.45, 2.75) is 0 Å². The molecule has 0 amide bonds. The number of carboxylic acid groups (broad SMARTS) is 2. The number of carbonyl (C=O) groups excluding carboxylic acids is 2. The summed E-state index contributed by atoms with van der Waals surface area (Å²) in [5, 5.41) is 21.4. The Morgan fingerprint density at radius 2 is 0.852 bits per heavy atom. The van der Waals surface area contributed by atoms with E-state index < -0.39 is 11.9 Å². The van der Waals surface area contributed by atoms with Gasteiger partial charge in [0.1, 0.15) is 23.0 Å². The van der Waals surface area contributed by atoms with Crippen LogP contribution in [0.15, 0.2) is 36.4 Å². The molecule has 2 aromatic rings. The Morgan fingerprint density at radius 1 is 0.630 bits per heavy atom. The minimum atomic E-state index is -1.31. The van der Waals surface area contributed by atoms with Gasteiger partial charge in [0.05, 0.1) is 51.5 Å². The molecule has 0 bridgehead atoms. The largest absolute Gasteiger partial charge is 2.00 e. The standard InChI is InChI=1S/2C9H10O4.Ba/c2*1-12-6-4-3-5-7(13-2)8(6)9(10)11;/h2*3-5H,1-2H3,(H,10,11);/q;;+2/p-2. The molecule has 0 aliphatic carbocycles. The third-order valence-corrected chi connectivity index (χ3v) is 3.26. The molecule has 0 atom stereocenters. The van der Waals surface area contributed by atoms with E-state index in [4.69, 9.17) is 18.9 Å². The van der Waals surface area contributed by atoms with Crippen LogP contribution in [0.5, 0.6) is 23.0 Å². The summed E-state index contributed by atoms with van der Waals surface area (Å²) in [4.78, 5) is 21.4. The summed E-state index contributed by atoms with van der Waals surface area (Å²) < 4.78 is 19.4. The Kier molecular flexibility index (Phi) is 11.7. The molecule has 0 fully saturated rings. The van der Waals surface area contributed by atoms with Gasteiger partial charge in [0, 0.05) is 0 Å². The molecule has 8 nitrogen and oxygen atoms in total. The van der Waals surface area contributed by atoms with E-state index in [9.17, 15) is 19.8 Å². The summed E-state index contributed by atoms with van der Waals surface area (Å²) in [7, 11) is 5.56. The second-order valence-electron chi connectivity index (χ2n) is 4.65. The van der Waals surface area contributed by atoms with Crippen molar-refractivity contribution in [3.63, 3.8) is 0 Å². The molecule has 2 aromatic carbocycles. The topological polar surface area (TPSA) is 117 Å². The molecular weight excluding hydrogens is 482 g/mol. The average molecular weight is 500 g/mol. The van der Waals surface area contributed by atoms with Crippen molar-refractivity contribution in [1.82, 2.24) is 0 Å². The summed E-state index contributed by atoms with van der Waals surface area (Å²) >= 11 is 0. The first kappa shape index (κ1) is 25.2. The van der Waals surface area contributed by atoms with E-state index in [-0.39, 0.29) is 83.0 Å². The summed E-state index contributed by atoms with van der Waals surface area (Å²) in [6.45, 7) is 0. The zero-order valence-electron chi connectivity index (χ0n) is 15.4. The van der Waals surface area contributed by atoms with Gasteiger partial charge in [-0.25, -0.2) is 0 Å². The molecule has 0 heterocycles. The van der Waals surface area contributed by atoms with Gasteiger partial charge in [0.15, 0.2) is 0 Å². The fraction of sp³-hybridized carbons (Fsp3) is 0.222. The van der Waals surface area contributed by atoms with Crippen LogP contribution >= 0.6 is 0 Å². The maximum absolute atomic E-state index is 10.7.